The van der Waals surface area contributed by atoms with Crippen LogP contribution < -0.4 is 10.2 Å². The summed E-state index contributed by atoms with van der Waals surface area (Å²) in [5, 5.41) is 11.7. The largest absolute Gasteiger partial charge is 0.476 e. The number of piperidine rings is 1. The van der Waals surface area contributed by atoms with E-state index in [2.05, 4.69) is 25.3 Å². The number of carbonyl (C=O) groups excluding carboxylic acids is 1. The first kappa shape index (κ1) is 15.8. The lowest BCUT2D eigenvalue weighted by Gasteiger charge is -2.32. The van der Waals surface area contributed by atoms with Crippen LogP contribution in [0.5, 0.6) is 0 Å². The van der Waals surface area contributed by atoms with Crippen molar-refractivity contribution < 1.29 is 14.7 Å². The predicted octanol–water partition coefficient (Wildman–Crippen LogP) is 0.364. The smallest absolute Gasteiger partial charge is 0.356 e. The Labute approximate surface area is 137 Å². The zero-order chi connectivity index (χ0) is 16.9. The lowest BCUT2D eigenvalue weighted by molar-refractivity contribution is 0.0688. The molecule has 24 heavy (non-hydrogen) atoms. The van der Waals surface area contributed by atoms with E-state index in [0.29, 0.717) is 12.5 Å². The van der Waals surface area contributed by atoms with E-state index >= 15 is 0 Å². The van der Waals surface area contributed by atoms with Gasteiger partial charge in [-0.2, -0.15) is 0 Å². The fourth-order valence-electron chi connectivity index (χ4n) is 2.55. The molecule has 3 rings (SSSR count). The molecule has 0 radical (unpaired) electrons. The molecule has 1 atom stereocenters. The zero-order valence-corrected chi connectivity index (χ0v) is 12.8. The summed E-state index contributed by atoms with van der Waals surface area (Å²) < 4.78 is 0. The van der Waals surface area contributed by atoms with E-state index < -0.39 is 5.97 Å². The zero-order valence-electron chi connectivity index (χ0n) is 12.8. The number of nitrogens with one attached hydrogen (secondary N) is 1. The van der Waals surface area contributed by atoms with Gasteiger partial charge in [0.05, 0.1) is 12.4 Å². The molecule has 0 saturated carbocycles. The number of anilines is 1. The van der Waals surface area contributed by atoms with Crippen molar-refractivity contribution in [1.29, 1.82) is 0 Å². The van der Waals surface area contributed by atoms with Crippen molar-refractivity contribution in [1.82, 2.24) is 25.3 Å². The molecule has 9 heteroatoms. The Morgan fingerprint density at radius 1 is 1.12 bits per heavy atom. The van der Waals surface area contributed by atoms with Crippen molar-refractivity contribution in [3.05, 3.63) is 42.2 Å². The summed E-state index contributed by atoms with van der Waals surface area (Å²) in [6, 6.07) is 1.70. The van der Waals surface area contributed by atoms with Crippen LogP contribution in [0.2, 0.25) is 0 Å². The highest BCUT2D eigenvalue weighted by atomic mass is 16.4. The third-order valence-corrected chi connectivity index (χ3v) is 3.70. The van der Waals surface area contributed by atoms with Crippen LogP contribution >= 0.6 is 0 Å². The number of aromatic nitrogens is 4. The molecule has 0 spiro atoms. The summed E-state index contributed by atoms with van der Waals surface area (Å²) in [6.45, 7) is 1.44. The van der Waals surface area contributed by atoms with Gasteiger partial charge in [-0.3, -0.25) is 4.79 Å². The van der Waals surface area contributed by atoms with Crippen molar-refractivity contribution in [3.63, 3.8) is 0 Å². The fourth-order valence-corrected chi connectivity index (χ4v) is 2.55. The number of nitrogens with zero attached hydrogens (tertiary/aromatic N) is 5. The van der Waals surface area contributed by atoms with Crippen LogP contribution in [0.3, 0.4) is 0 Å². The average molecular weight is 328 g/mol. The van der Waals surface area contributed by atoms with Gasteiger partial charge >= 0.3 is 5.97 Å². The summed E-state index contributed by atoms with van der Waals surface area (Å²) >= 11 is 0. The van der Waals surface area contributed by atoms with E-state index in [-0.39, 0.29) is 23.3 Å². The van der Waals surface area contributed by atoms with Gasteiger partial charge in [0.25, 0.3) is 5.91 Å². The molecule has 9 nitrogen and oxygen atoms in total. The summed E-state index contributed by atoms with van der Waals surface area (Å²) in [7, 11) is 0. The maximum Gasteiger partial charge on any atom is 0.356 e. The molecule has 1 fully saturated rings. The van der Waals surface area contributed by atoms with Crippen LogP contribution in [0.1, 0.15) is 33.8 Å². The molecule has 0 aliphatic carbocycles. The molecule has 0 aromatic carbocycles. The summed E-state index contributed by atoms with van der Waals surface area (Å²) in [5.74, 6) is -0.914. The van der Waals surface area contributed by atoms with E-state index in [1.165, 1.54) is 6.20 Å². The third-order valence-electron chi connectivity index (χ3n) is 3.70. The number of carboxylic acid groups (broad SMARTS) is 1. The molecule has 3 heterocycles. The third kappa shape index (κ3) is 3.62. The van der Waals surface area contributed by atoms with E-state index in [1.54, 1.807) is 18.5 Å². The van der Waals surface area contributed by atoms with Crippen molar-refractivity contribution in [2.24, 2.45) is 0 Å². The molecule has 1 saturated heterocycles. The molecule has 124 valence electrons. The number of carboxylic acids is 1. The SMILES string of the molecule is O=C(O)c1cnc(C(=O)NC2CCCN(c3ncccn3)C2)cn1. The Morgan fingerprint density at radius 3 is 2.50 bits per heavy atom. The van der Waals surface area contributed by atoms with Gasteiger partial charge in [-0.05, 0) is 18.9 Å². The van der Waals surface area contributed by atoms with E-state index in [1.807, 2.05) is 4.90 Å². The monoisotopic (exact) mass is 328 g/mol. The highest BCUT2D eigenvalue weighted by Gasteiger charge is 2.24. The Hall–Kier alpha value is -3.10. The van der Waals surface area contributed by atoms with E-state index in [0.717, 1.165) is 25.6 Å². The van der Waals surface area contributed by atoms with Crippen LogP contribution in [0.15, 0.2) is 30.9 Å². The van der Waals surface area contributed by atoms with Gasteiger partial charge in [0.15, 0.2) is 5.69 Å². The second-order valence-electron chi connectivity index (χ2n) is 5.40. The van der Waals surface area contributed by atoms with Crippen molar-refractivity contribution in [2.75, 3.05) is 18.0 Å². The molecular formula is C15H16N6O3. The molecule has 0 bridgehead atoms. The molecule has 2 aromatic heterocycles. The second kappa shape index (κ2) is 6.99. The van der Waals surface area contributed by atoms with Gasteiger partial charge in [-0.1, -0.05) is 0 Å². The van der Waals surface area contributed by atoms with Gasteiger partial charge in [0, 0.05) is 31.5 Å². The lowest BCUT2D eigenvalue weighted by atomic mass is 10.1. The number of hydrogen-bond acceptors (Lipinski definition) is 7. The minimum absolute atomic E-state index is 0.0593. The quantitative estimate of drug-likeness (QED) is 0.825. The predicted molar refractivity (Wildman–Crippen MR) is 83.7 cm³/mol. The first-order chi connectivity index (χ1) is 11.6. The minimum Gasteiger partial charge on any atom is -0.476 e. The van der Waals surface area contributed by atoms with Gasteiger partial charge < -0.3 is 15.3 Å². The van der Waals surface area contributed by atoms with Crippen LogP contribution in [-0.4, -0.2) is 56.1 Å². The fraction of sp³-hybridized carbons (Fsp3) is 0.333. The Morgan fingerprint density at radius 2 is 1.83 bits per heavy atom. The second-order valence-corrected chi connectivity index (χ2v) is 5.40. The highest BCUT2D eigenvalue weighted by molar-refractivity contribution is 5.93. The van der Waals surface area contributed by atoms with Gasteiger partial charge in [0.2, 0.25) is 5.95 Å². The van der Waals surface area contributed by atoms with Gasteiger partial charge in [-0.15, -0.1) is 0 Å². The molecule has 2 N–H and O–H groups in total. The van der Waals surface area contributed by atoms with E-state index in [9.17, 15) is 9.59 Å². The molecule has 1 unspecified atom stereocenters. The lowest BCUT2D eigenvalue weighted by Crippen LogP contribution is -2.48. The van der Waals surface area contributed by atoms with Crippen molar-refractivity contribution in [3.8, 4) is 0 Å². The molecule has 1 aliphatic heterocycles. The van der Waals surface area contributed by atoms with Crippen LogP contribution in [0.4, 0.5) is 5.95 Å². The molecule has 1 aliphatic rings. The topological polar surface area (TPSA) is 121 Å². The number of aromatic carboxylic acids is 1. The Bertz CT molecular complexity index is 722. The van der Waals surface area contributed by atoms with Crippen molar-refractivity contribution in [2.45, 2.75) is 18.9 Å². The first-order valence-electron chi connectivity index (χ1n) is 7.51. The number of amides is 1. The summed E-state index contributed by atoms with van der Waals surface area (Å²) in [6.07, 6.45) is 7.36. The normalized spacial score (nSPS) is 17.3. The van der Waals surface area contributed by atoms with Gasteiger partial charge in [-0.25, -0.2) is 24.7 Å². The van der Waals surface area contributed by atoms with Crippen LogP contribution in [-0.2, 0) is 0 Å². The summed E-state index contributed by atoms with van der Waals surface area (Å²) in [5.41, 5.74) is -0.107. The summed E-state index contributed by atoms with van der Waals surface area (Å²) in [4.78, 5) is 41.0. The Balaban J connectivity index is 1.62. The molecule has 2 aromatic rings. The number of rotatable bonds is 4. The Kier molecular flexibility index (Phi) is 4.59. The highest BCUT2D eigenvalue weighted by Crippen LogP contribution is 2.15. The van der Waals surface area contributed by atoms with E-state index in [4.69, 9.17) is 5.11 Å². The number of carbonyl (C=O) groups is 2. The molecular weight excluding hydrogens is 312 g/mol. The van der Waals surface area contributed by atoms with Crippen LogP contribution in [0, 0.1) is 0 Å². The van der Waals surface area contributed by atoms with Crippen LogP contribution in [0.25, 0.3) is 0 Å². The van der Waals surface area contributed by atoms with Crippen molar-refractivity contribution >= 4 is 17.8 Å². The standard InChI is InChI=1S/C15H16N6O3/c22-13(11-7-19-12(8-18-11)14(23)24)20-10-3-1-6-21(9-10)15-16-4-2-5-17-15/h2,4-5,7-8,10H,1,3,6,9H2,(H,20,22)(H,23,24). The maximum atomic E-state index is 12.2. The first-order valence-corrected chi connectivity index (χ1v) is 7.51. The number of hydrogen-bond donors (Lipinski definition) is 2. The van der Waals surface area contributed by atoms with Gasteiger partial charge in [0.1, 0.15) is 5.69 Å². The maximum absolute atomic E-state index is 12.2. The minimum atomic E-state index is -1.18. The molecule has 1 amide bonds. The average Bonchev–Trinajstić information content (AvgIpc) is 2.63.